The van der Waals surface area contributed by atoms with E-state index in [9.17, 15) is 38.7 Å². The fourth-order valence-electron chi connectivity index (χ4n) is 5.10. The average Bonchev–Trinajstić information content (AvgIpc) is 3.64. The number of hydrogen-bond donors (Lipinski definition) is 9. The Morgan fingerprint density at radius 3 is 2.20 bits per heavy atom. The first-order valence-electron chi connectivity index (χ1n) is 16.1. The van der Waals surface area contributed by atoms with E-state index in [0.29, 0.717) is 48.6 Å². The van der Waals surface area contributed by atoms with Crippen LogP contribution in [0.1, 0.15) is 55.3 Å². The number of carbonyl (C=O) groups is 7. The largest absolute Gasteiger partial charge is 0.480 e. The minimum atomic E-state index is -1.23. The van der Waals surface area contributed by atoms with Crippen molar-refractivity contribution in [3.63, 3.8) is 0 Å². The molecule has 2 aliphatic heterocycles. The minimum Gasteiger partial charge on any atom is -0.480 e. The predicted molar refractivity (Wildman–Crippen MR) is 185 cm³/mol. The molecule has 0 radical (unpaired) electrons. The van der Waals surface area contributed by atoms with Crippen LogP contribution in [0.2, 0.25) is 0 Å². The van der Waals surface area contributed by atoms with Crippen LogP contribution in [0.15, 0.2) is 30.3 Å². The Morgan fingerprint density at radius 2 is 1.51 bits per heavy atom. The fraction of sp³-hybridized carbons (Fsp3) is 0.548. The van der Waals surface area contributed by atoms with Gasteiger partial charge in [0.25, 0.3) is 0 Å². The molecule has 0 spiro atoms. The number of aliphatic carboxylic acids is 1. The third-order valence-electron chi connectivity index (χ3n) is 7.66. The summed E-state index contributed by atoms with van der Waals surface area (Å²) < 4.78 is 0. The summed E-state index contributed by atoms with van der Waals surface area (Å²) in [5.41, 5.74) is 0.451. The number of carboxylic acids is 1. The van der Waals surface area contributed by atoms with Gasteiger partial charge >= 0.3 is 5.97 Å². The zero-order chi connectivity index (χ0) is 35.6. The number of guanidine groups is 1. The van der Waals surface area contributed by atoms with E-state index in [1.54, 1.807) is 30.3 Å². The maximum Gasteiger partial charge on any atom is 0.326 e. The van der Waals surface area contributed by atoms with Crippen LogP contribution in [0.5, 0.6) is 0 Å². The number of fused-ring (bicyclic) bond motifs is 1. The van der Waals surface area contributed by atoms with Gasteiger partial charge in [0.2, 0.25) is 34.7 Å². The van der Waals surface area contributed by atoms with Crippen molar-refractivity contribution in [1.82, 2.24) is 37.2 Å². The topological polar surface area (TPSA) is 248 Å². The lowest BCUT2D eigenvalue weighted by Crippen LogP contribution is -2.47. The number of unbranched alkanes of at least 4 members (excludes halogenated alkanes) is 2. The summed E-state index contributed by atoms with van der Waals surface area (Å²) >= 11 is 2.69. The molecule has 0 aliphatic carbocycles. The SMILES string of the molecule is N=C1N[C@H]2CSC(CCCCC(=O)NCCCCC(NC(=O)CNC(=O)CNC(=O)CNC(=O)CSC(=O)c3ccccc3)C(=O)O)[C@H]2N1. The lowest BCUT2D eigenvalue weighted by molar-refractivity contribution is -0.142. The summed E-state index contributed by atoms with van der Waals surface area (Å²) in [6, 6.07) is 7.83. The molecule has 16 nitrogen and oxygen atoms in total. The van der Waals surface area contributed by atoms with E-state index in [2.05, 4.69) is 37.2 Å². The molecule has 0 saturated carbocycles. The second kappa shape index (κ2) is 20.9. The summed E-state index contributed by atoms with van der Waals surface area (Å²) in [6.07, 6.45) is 4.16. The number of hydrogen-bond acceptors (Lipinski definition) is 10. The molecule has 18 heteroatoms. The zero-order valence-corrected chi connectivity index (χ0v) is 28.6. The molecule has 0 bridgehead atoms. The molecule has 0 aromatic heterocycles. The van der Waals surface area contributed by atoms with E-state index in [1.165, 1.54) is 0 Å². The number of rotatable bonds is 21. The van der Waals surface area contributed by atoms with Gasteiger partial charge in [0, 0.05) is 29.5 Å². The number of carbonyl (C=O) groups excluding carboxylic acids is 6. The summed E-state index contributed by atoms with van der Waals surface area (Å²) in [6.45, 7) is -1.01. The van der Waals surface area contributed by atoms with Crippen LogP contribution < -0.4 is 37.2 Å². The van der Waals surface area contributed by atoms with Crippen LogP contribution in [-0.4, -0.2) is 113 Å². The van der Waals surface area contributed by atoms with Crippen molar-refractivity contribution in [1.29, 1.82) is 5.41 Å². The van der Waals surface area contributed by atoms with Crippen molar-refractivity contribution in [2.24, 2.45) is 0 Å². The smallest absolute Gasteiger partial charge is 0.326 e. The second-order valence-corrected chi connectivity index (χ2v) is 13.7. The molecular weight excluding hydrogens is 677 g/mol. The number of thioether (sulfide) groups is 2. The number of amides is 5. The van der Waals surface area contributed by atoms with E-state index in [0.717, 1.165) is 36.8 Å². The Labute approximate surface area is 292 Å². The molecule has 4 atom stereocenters. The third-order valence-corrected chi connectivity index (χ3v) is 10.1. The van der Waals surface area contributed by atoms with Gasteiger partial charge in [-0.1, -0.05) is 48.5 Å². The second-order valence-electron chi connectivity index (χ2n) is 11.5. The Kier molecular flexibility index (Phi) is 16.7. The number of nitrogens with one attached hydrogen (secondary N) is 8. The summed E-state index contributed by atoms with van der Waals surface area (Å²) in [7, 11) is 0. The van der Waals surface area contributed by atoms with E-state index in [4.69, 9.17) is 5.41 Å². The highest BCUT2D eigenvalue weighted by Gasteiger charge is 2.41. The maximum atomic E-state index is 12.2. The normalized spacial score (nSPS) is 18.2. The minimum absolute atomic E-state index is 0.0644. The average molecular weight is 721 g/mol. The van der Waals surface area contributed by atoms with E-state index in [1.807, 2.05) is 11.8 Å². The van der Waals surface area contributed by atoms with Crippen LogP contribution in [-0.2, 0) is 28.8 Å². The van der Waals surface area contributed by atoms with Gasteiger partial charge in [0.1, 0.15) is 6.04 Å². The fourth-order valence-corrected chi connectivity index (χ4v) is 7.31. The van der Waals surface area contributed by atoms with Gasteiger partial charge in [-0.25, -0.2) is 4.79 Å². The van der Waals surface area contributed by atoms with Crippen LogP contribution in [0.25, 0.3) is 0 Å². The summed E-state index contributed by atoms with van der Waals surface area (Å²) in [5, 5.41) is 35.7. The molecular formula is C31H44N8O8S2. The van der Waals surface area contributed by atoms with E-state index in [-0.39, 0.29) is 29.2 Å². The van der Waals surface area contributed by atoms with Crippen LogP contribution in [0, 0.1) is 5.41 Å². The lowest BCUT2D eigenvalue weighted by Gasteiger charge is -2.16. The third kappa shape index (κ3) is 14.8. The Hall–Kier alpha value is -4.32. The number of carboxylic acid groups (broad SMARTS) is 1. The van der Waals surface area contributed by atoms with Gasteiger partial charge in [-0.15, -0.1) is 0 Å². The Balaban J connectivity index is 1.17. The van der Waals surface area contributed by atoms with Gasteiger partial charge in [-0.05, 0) is 32.1 Å². The summed E-state index contributed by atoms with van der Waals surface area (Å²) in [5.74, 6) is -2.73. The first-order chi connectivity index (χ1) is 23.5. The van der Waals surface area contributed by atoms with Gasteiger partial charge in [0.15, 0.2) is 5.96 Å². The van der Waals surface area contributed by atoms with Crippen molar-refractivity contribution in [3.05, 3.63) is 35.9 Å². The first-order valence-corrected chi connectivity index (χ1v) is 18.1. The van der Waals surface area contributed by atoms with Crippen molar-refractivity contribution >= 4 is 70.1 Å². The monoisotopic (exact) mass is 720 g/mol. The standard InChI is InChI=1S/C31H44N8O8S2/c32-31-38-21-17-48-22(28(21)39-31)11-4-5-12-23(40)33-13-7-6-10-20(29(45)46)37-26(43)16-35-24(41)14-34-25(42)15-36-27(44)18-49-30(47)19-8-2-1-3-9-19/h1-3,8-9,20-22,28H,4-7,10-18H2,(H,33,40)(H,34,42)(H,35,41)(H,36,44)(H,37,43)(H,45,46)(H3,32,38,39)/t20?,21-,22?,28-/m0/s1. The molecule has 5 amide bonds. The quantitative estimate of drug-likeness (QED) is 0.0716. The van der Waals surface area contributed by atoms with Crippen molar-refractivity contribution in [3.8, 4) is 0 Å². The molecule has 2 heterocycles. The van der Waals surface area contributed by atoms with Crippen LogP contribution >= 0.6 is 23.5 Å². The maximum absolute atomic E-state index is 12.2. The molecule has 1 aromatic rings. The molecule has 2 fully saturated rings. The Morgan fingerprint density at radius 1 is 0.837 bits per heavy atom. The molecule has 268 valence electrons. The molecule has 2 unspecified atom stereocenters. The highest BCUT2D eigenvalue weighted by atomic mass is 32.2. The molecule has 2 saturated heterocycles. The highest BCUT2D eigenvalue weighted by molar-refractivity contribution is 8.14. The first kappa shape index (κ1) is 39.1. The molecule has 2 aliphatic rings. The van der Waals surface area contributed by atoms with Crippen molar-refractivity contribution < 1.29 is 38.7 Å². The van der Waals surface area contributed by atoms with Crippen molar-refractivity contribution in [2.45, 2.75) is 68.3 Å². The molecule has 3 rings (SSSR count). The lowest BCUT2D eigenvalue weighted by atomic mass is 10.0. The molecule has 1 aromatic carbocycles. The molecule has 49 heavy (non-hydrogen) atoms. The predicted octanol–water partition coefficient (Wildman–Crippen LogP) is -0.695. The highest BCUT2D eigenvalue weighted by Crippen LogP contribution is 2.33. The van der Waals surface area contributed by atoms with Crippen LogP contribution in [0.3, 0.4) is 0 Å². The zero-order valence-electron chi connectivity index (χ0n) is 27.0. The molecule has 9 N–H and O–H groups in total. The van der Waals surface area contributed by atoms with Crippen molar-refractivity contribution in [2.75, 3.05) is 37.7 Å². The number of benzene rings is 1. The van der Waals surface area contributed by atoms with E-state index >= 15 is 0 Å². The van der Waals surface area contributed by atoms with Crippen LogP contribution in [0.4, 0.5) is 0 Å². The van der Waals surface area contributed by atoms with Gasteiger partial charge in [-0.3, -0.25) is 34.2 Å². The van der Waals surface area contributed by atoms with Gasteiger partial charge < -0.3 is 42.3 Å². The summed E-state index contributed by atoms with van der Waals surface area (Å²) in [4.78, 5) is 83.9. The van der Waals surface area contributed by atoms with E-state index < -0.39 is 55.3 Å². The van der Waals surface area contributed by atoms with Gasteiger partial charge in [-0.2, -0.15) is 11.8 Å². The Bertz CT molecular complexity index is 1350. The van der Waals surface area contributed by atoms with Gasteiger partial charge in [0.05, 0.1) is 37.5 Å².